The van der Waals surface area contributed by atoms with Crippen molar-refractivity contribution in [3.63, 3.8) is 0 Å². The van der Waals surface area contributed by atoms with Gasteiger partial charge in [0.05, 0.1) is 6.04 Å². The smallest absolute Gasteiger partial charge is 0.292 e. The van der Waals surface area contributed by atoms with E-state index in [9.17, 15) is 4.79 Å². The van der Waals surface area contributed by atoms with E-state index >= 15 is 0 Å². The summed E-state index contributed by atoms with van der Waals surface area (Å²) < 4.78 is 5.21. The molecule has 0 spiro atoms. The van der Waals surface area contributed by atoms with Crippen LogP contribution in [-0.4, -0.2) is 28.6 Å². The number of carbonyl (C=O) groups excluding carboxylic acids is 1. The molecule has 1 amide bonds. The molecule has 3 rings (SSSR count). The Kier molecular flexibility index (Phi) is 3.97. The molecule has 1 atom stereocenters. The fraction of sp³-hybridized carbons (Fsp3) is 0.800. The Morgan fingerprint density at radius 1 is 1.33 bits per heavy atom. The number of amides is 1. The number of nitrogens with one attached hydrogen (secondary N) is 2. The lowest BCUT2D eigenvalue weighted by molar-refractivity contribution is 0.0895. The maximum Gasteiger partial charge on any atom is 0.292 e. The lowest BCUT2D eigenvalue weighted by Crippen LogP contribution is -2.39. The van der Waals surface area contributed by atoms with Gasteiger partial charge in [-0.2, -0.15) is 4.98 Å². The molecule has 1 saturated heterocycles. The van der Waals surface area contributed by atoms with Crippen molar-refractivity contribution in [1.82, 2.24) is 20.8 Å². The molecule has 116 valence electrons. The summed E-state index contributed by atoms with van der Waals surface area (Å²) in [6, 6.07) is 0.339. The highest BCUT2D eigenvalue weighted by Crippen LogP contribution is 2.35. The van der Waals surface area contributed by atoms with E-state index in [0.717, 1.165) is 45.1 Å². The zero-order valence-electron chi connectivity index (χ0n) is 12.8. The highest BCUT2D eigenvalue weighted by atomic mass is 16.5. The summed E-state index contributed by atoms with van der Waals surface area (Å²) in [5.74, 6) is 0.471. The van der Waals surface area contributed by atoms with Crippen LogP contribution in [0.3, 0.4) is 0 Å². The summed E-state index contributed by atoms with van der Waals surface area (Å²) >= 11 is 0. The zero-order valence-corrected chi connectivity index (χ0v) is 12.8. The molecule has 2 fully saturated rings. The van der Waals surface area contributed by atoms with Crippen molar-refractivity contribution in [2.75, 3.05) is 6.54 Å². The minimum Gasteiger partial charge on any atom is -0.346 e. The molecule has 0 aromatic carbocycles. The molecule has 1 aliphatic heterocycles. The minimum atomic E-state index is -0.215. The normalized spacial score (nSPS) is 25.9. The summed E-state index contributed by atoms with van der Waals surface area (Å²) in [6.07, 6.45) is 6.41. The van der Waals surface area contributed by atoms with Gasteiger partial charge in [-0.25, -0.2) is 0 Å². The third-order valence-corrected chi connectivity index (χ3v) is 4.68. The van der Waals surface area contributed by atoms with Crippen LogP contribution in [-0.2, 0) is 0 Å². The molecule has 2 aliphatic rings. The lowest BCUT2D eigenvalue weighted by Gasteiger charge is -2.34. The first-order chi connectivity index (χ1) is 10.0. The van der Waals surface area contributed by atoms with E-state index in [-0.39, 0.29) is 23.8 Å². The summed E-state index contributed by atoms with van der Waals surface area (Å²) in [6.45, 7) is 5.53. The number of nitrogens with zero attached hydrogens (tertiary/aromatic N) is 2. The largest absolute Gasteiger partial charge is 0.346 e. The Balaban J connectivity index is 1.56. The highest BCUT2D eigenvalue weighted by Gasteiger charge is 2.29. The van der Waals surface area contributed by atoms with Crippen LogP contribution >= 0.6 is 0 Å². The maximum absolute atomic E-state index is 12.2. The van der Waals surface area contributed by atoms with Crippen molar-refractivity contribution in [1.29, 1.82) is 0 Å². The predicted octanol–water partition coefficient (Wildman–Crippen LogP) is 2.19. The van der Waals surface area contributed by atoms with Gasteiger partial charge in [-0.3, -0.25) is 4.79 Å². The third-order valence-electron chi connectivity index (χ3n) is 4.68. The summed E-state index contributed by atoms with van der Waals surface area (Å²) in [5, 5.41) is 10.1. The van der Waals surface area contributed by atoms with E-state index in [1.165, 1.54) is 0 Å². The van der Waals surface area contributed by atoms with Gasteiger partial charge >= 0.3 is 0 Å². The monoisotopic (exact) mass is 292 g/mol. The van der Waals surface area contributed by atoms with Gasteiger partial charge in [-0.1, -0.05) is 19.0 Å². The van der Waals surface area contributed by atoms with E-state index < -0.39 is 0 Å². The molecular weight excluding hydrogens is 268 g/mol. The second-order valence-corrected chi connectivity index (χ2v) is 7.02. The van der Waals surface area contributed by atoms with E-state index in [0.29, 0.717) is 11.3 Å². The molecule has 2 heterocycles. The Hall–Kier alpha value is -1.43. The predicted molar refractivity (Wildman–Crippen MR) is 77.8 cm³/mol. The van der Waals surface area contributed by atoms with Crippen molar-refractivity contribution >= 4 is 5.91 Å². The van der Waals surface area contributed by atoms with Crippen LogP contribution in [0.25, 0.3) is 0 Å². The van der Waals surface area contributed by atoms with Crippen LogP contribution in [0.5, 0.6) is 0 Å². The van der Waals surface area contributed by atoms with Gasteiger partial charge in [0.2, 0.25) is 5.89 Å². The summed E-state index contributed by atoms with van der Waals surface area (Å²) in [5.41, 5.74) is 0.398. The third kappa shape index (κ3) is 3.43. The number of hydrogen-bond donors (Lipinski definition) is 2. The number of hydrogen-bond acceptors (Lipinski definition) is 5. The fourth-order valence-corrected chi connectivity index (χ4v) is 3.16. The topological polar surface area (TPSA) is 80.0 Å². The molecule has 1 unspecified atom stereocenters. The lowest BCUT2D eigenvalue weighted by atomic mass is 9.75. The minimum absolute atomic E-state index is 0.106. The maximum atomic E-state index is 12.2. The van der Waals surface area contributed by atoms with Gasteiger partial charge in [0.25, 0.3) is 11.7 Å². The van der Waals surface area contributed by atoms with Gasteiger partial charge in [0.1, 0.15) is 0 Å². The zero-order chi connectivity index (χ0) is 14.9. The van der Waals surface area contributed by atoms with Gasteiger partial charge in [-0.05, 0) is 50.5 Å². The van der Waals surface area contributed by atoms with Crippen LogP contribution < -0.4 is 10.6 Å². The van der Waals surface area contributed by atoms with Crippen LogP contribution in [0.15, 0.2) is 4.52 Å². The van der Waals surface area contributed by atoms with Crippen molar-refractivity contribution in [2.45, 2.75) is 64.5 Å². The Labute approximate surface area is 125 Å². The average Bonchev–Trinajstić information content (AvgIpc) is 3.10. The van der Waals surface area contributed by atoms with Gasteiger partial charge in [-0.15, -0.1) is 0 Å². The SMILES string of the molecule is CC1(C)CCC(NC(=O)c2noc(C3CCCN3)n2)CC1. The van der Waals surface area contributed by atoms with Gasteiger partial charge in [0.15, 0.2) is 0 Å². The molecule has 2 N–H and O–H groups in total. The summed E-state index contributed by atoms with van der Waals surface area (Å²) in [4.78, 5) is 16.4. The molecule has 6 heteroatoms. The first-order valence-corrected chi connectivity index (χ1v) is 7.91. The molecule has 1 aromatic rings. The van der Waals surface area contributed by atoms with Crippen molar-refractivity contribution in [2.24, 2.45) is 5.41 Å². The standard InChI is InChI=1S/C15H24N4O2/c1-15(2)7-5-10(6-8-15)17-13(20)12-18-14(21-19-12)11-4-3-9-16-11/h10-11,16H,3-9H2,1-2H3,(H,17,20). The number of rotatable bonds is 3. The van der Waals surface area contributed by atoms with Gasteiger partial charge in [0, 0.05) is 6.04 Å². The molecule has 21 heavy (non-hydrogen) atoms. The molecule has 0 bridgehead atoms. The van der Waals surface area contributed by atoms with Crippen LogP contribution in [0.4, 0.5) is 0 Å². The fourth-order valence-electron chi connectivity index (χ4n) is 3.16. The first-order valence-electron chi connectivity index (χ1n) is 7.91. The average molecular weight is 292 g/mol. The molecular formula is C15H24N4O2. The van der Waals surface area contributed by atoms with E-state index in [2.05, 4.69) is 34.6 Å². The first kappa shape index (κ1) is 14.5. The number of aromatic nitrogens is 2. The van der Waals surface area contributed by atoms with Gasteiger partial charge < -0.3 is 15.2 Å². The molecule has 6 nitrogen and oxygen atoms in total. The van der Waals surface area contributed by atoms with Crippen molar-refractivity contribution in [3.8, 4) is 0 Å². The highest BCUT2D eigenvalue weighted by molar-refractivity contribution is 5.90. The van der Waals surface area contributed by atoms with Crippen molar-refractivity contribution < 1.29 is 9.32 Å². The van der Waals surface area contributed by atoms with E-state index in [1.807, 2.05) is 0 Å². The summed E-state index contributed by atoms with van der Waals surface area (Å²) in [7, 11) is 0. The molecule has 1 saturated carbocycles. The van der Waals surface area contributed by atoms with Crippen molar-refractivity contribution in [3.05, 3.63) is 11.7 Å². The van der Waals surface area contributed by atoms with Crippen LogP contribution in [0.1, 0.15) is 74.9 Å². The Morgan fingerprint density at radius 3 is 2.76 bits per heavy atom. The quantitative estimate of drug-likeness (QED) is 0.892. The Morgan fingerprint density at radius 2 is 2.10 bits per heavy atom. The number of carbonyl (C=O) groups is 1. The Bertz CT molecular complexity index is 496. The molecule has 0 radical (unpaired) electrons. The van der Waals surface area contributed by atoms with E-state index in [4.69, 9.17) is 4.52 Å². The molecule has 1 aromatic heterocycles. The van der Waals surface area contributed by atoms with E-state index in [1.54, 1.807) is 0 Å². The second-order valence-electron chi connectivity index (χ2n) is 7.02. The van der Waals surface area contributed by atoms with Crippen LogP contribution in [0, 0.1) is 5.41 Å². The molecule has 1 aliphatic carbocycles. The second kappa shape index (κ2) is 5.75. The van der Waals surface area contributed by atoms with Crippen LogP contribution in [0.2, 0.25) is 0 Å².